The van der Waals surface area contributed by atoms with E-state index in [2.05, 4.69) is 144 Å². The second kappa shape index (κ2) is 11.5. The summed E-state index contributed by atoms with van der Waals surface area (Å²) in [5, 5.41) is 0. The molecule has 0 aliphatic carbocycles. The van der Waals surface area contributed by atoms with Gasteiger partial charge in [0, 0.05) is 32.6 Å². The van der Waals surface area contributed by atoms with Gasteiger partial charge in [0.2, 0.25) is 0 Å². The first-order chi connectivity index (χ1) is 16.8. The largest absolute Gasteiger partial charge is 0.493 e. The monoisotopic (exact) mass is 620 g/mol. The van der Waals surface area contributed by atoms with Crippen LogP contribution in [0, 0.1) is 0 Å². The van der Waals surface area contributed by atoms with Gasteiger partial charge in [0.1, 0.15) is 11.5 Å². The fraction of sp³-hybridized carbons (Fsp3) is 0.647. The summed E-state index contributed by atoms with van der Waals surface area (Å²) in [6, 6.07) is 9.70. The first-order valence-electron chi connectivity index (χ1n) is 14.0. The first-order valence-corrected chi connectivity index (χ1v) is 15.5. The number of benzene rings is 2. The predicted molar refractivity (Wildman–Crippen MR) is 171 cm³/mol. The molecule has 0 heterocycles. The van der Waals surface area contributed by atoms with Crippen LogP contribution in [0.4, 0.5) is 0 Å². The number of rotatable bonds is 7. The molecule has 0 spiro atoms. The molecule has 2 aromatic carbocycles. The summed E-state index contributed by atoms with van der Waals surface area (Å²) in [4.78, 5) is 0. The van der Waals surface area contributed by atoms with Crippen LogP contribution in [-0.2, 0) is 21.7 Å². The molecule has 0 aromatic heterocycles. The van der Waals surface area contributed by atoms with Crippen LogP contribution in [0.25, 0.3) is 0 Å². The van der Waals surface area contributed by atoms with Crippen LogP contribution < -0.4 is 9.47 Å². The highest BCUT2D eigenvalue weighted by atomic mass is 127. The molecule has 0 radical (unpaired) electrons. The molecule has 0 saturated carbocycles. The minimum Gasteiger partial charge on any atom is -0.493 e. The fourth-order valence-corrected chi connectivity index (χ4v) is 5.92. The highest BCUT2D eigenvalue weighted by Gasteiger charge is 2.32. The SMILES string of the molecule is CCOc1c(C(C)(C)C)cc(C(CI)c2cc(C(C)(C)C)c(OCC)c(C(C)(C)C)c2)cc1C(C)(C)C. The topological polar surface area (TPSA) is 18.5 Å². The third kappa shape index (κ3) is 7.46. The van der Waals surface area contributed by atoms with Gasteiger partial charge in [-0.3, -0.25) is 0 Å². The van der Waals surface area contributed by atoms with Crippen LogP contribution >= 0.6 is 22.6 Å². The Morgan fingerprint density at radius 1 is 0.541 bits per heavy atom. The van der Waals surface area contributed by atoms with E-state index in [4.69, 9.17) is 9.47 Å². The molecule has 0 unspecified atom stereocenters. The first kappa shape index (κ1) is 32.0. The predicted octanol–water partition coefficient (Wildman–Crippen LogP) is 10.2. The molecule has 0 aliphatic heterocycles. The van der Waals surface area contributed by atoms with Crippen LogP contribution in [0.5, 0.6) is 11.5 Å². The number of alkyl halides is 1. The van der Waals surface area contributed by atoms with Gasteiger partial charge in [0.25, 0.3) is 0 Å². The van der Waals surface area contributed by atoms with Gasteiger partial charge >= 0.3 is 0 Å². The van der Waals surface area contributed by atoms with E-state index in [0.717, 1.165) is 15.9 Å². The molecule has 0 bridgehead atoms. The van der Waals surface area contributed by atoms with E-state index in [9.17, 15) is 0 Å². The van der Waals surface area contributed by atoms with Crippen molar-refractivity contribution in [3.05, 3.63) is 57.6 Å². The molecule has 3 heteroatoms. The van der Waals surface area contributed by atoms with E-state index in [1.54, 1.807) is 0 Å². The number of halogens is 1. The van der Waals surface area contributed by atoms with Crippen molar-refractivity contribution in [2.45, 2.75) is 125 Å². The Morgan fingerprint density at radius 2 is 0.784 bits per heavy atom. The van der Waals surface area contributed by atoms with Crippen molar-refractivity contribution in [2.75, 3.05) is 17.6 Å². The van der Waals surface area contributed by atoms with Crippen molar-refractivity contribution >= 4 is 22.6 Å². The van der Waals surface area contributed by atoms with Crippen molar-refractivity contribution in [3.63, 3.8) is 0 Å². The summed E-state index contributed by atoms with van der Waals surface area (Å²) in [6.07, 6.45) is 0. The lowest BCUT2D eigenvalue weighted by Crippen LogP contribution is -2.22. The minimum atomic E-state index is -0.0255. The van der Waals surface area contributed by atoms with Crippen LogP contribution in [-0.4, -0.2) is 17.6 Å². The van der Waals surface area contributed by atoms with Crippen molar-refractivity contribution in [1.29, 1.82) is 0 Å². The van der Waals surface area contributed by atoms with Crippen LogP contribution in [0.2, 0.25) is 0 Å². The van der Waals surface area contributed by atoms with Gasteiger partial charge in [0.05, 0.1) is 13.2 Å². The fourth-order valence-electron chi connectivity index (χ4n) is 4.90. The maximum Gasteiger partial charge on any atom is 0.126 e. The normalized spacial score (nSPS) is 13.3. The van der Waals surface area contributed by atoms with Crippen LogP contribution in [0.15, 0.2) is 24.3 Å². The van der Waals surface area contributed by atoms with E-state index >= 15 is 0 Å². The molecule has 0 atom stereocenters. The zero-order chi connectivity index (χ0) is 28.6. The maximum atomic E-state index is 6.35. The molecule has 2 aromatic rings. The Balaban J connectivity index is 2.98. The zero-order valence-electron chi connectivity index (χ0n) is 26.2. The van der Waals surface area contributed by atoms with Crippen molar-refractivity contribution in [1.82, 2.24) is 0 Å². The maximum absolute atomic E-state index is 6.35. The molecular formula is C34H53IO2. The van der Waals surface area contributed by atoms with Gasteiger partial charge in [-0.15, -0.1) is 0 Å². The van der Waals surface area contributed by atoms with E-state index in [-0.39, 0.29) is 27.6 Å². The average Bonchev–Trinajstić information content (AvgIpc) is 2.72. The Kier molecular flexibility index (Phi) is 9.92. The standard InChI is InChI=1S/C34H53IO2/c1-15-36-29-25(31(3,4)5)17-22(18-26(29)32(6,7)8)24(21-35)23-19-27(33(9,10)11)30(37-16-2)28(20-23)34(12,13)14/h17-20,24H,15-16,21H2,1-14H3. The molecule has 0 fully saturated rings. The molecule has 0 saturated heterocycles. The van der Waals surface area contributed by atoms with Gasteiger partial charge in [-0.25, -0.2) is 0 Å². The Bertz CT molecular complexity index is 913. The number of hydrogen-bond donors (Lipinski definition) is 0. The van der Waals surface area contributed by atoms with Gasteiger partial charge < -0.3 is 9.47 Å². The average molecular weight is 621 g/mol. The lowest BCUT2D eigenvalue weighted by Gasteiger charge is -2.33. The Labute approximate surface area is 242 Å². The lowest BCUT2D eigenvalue weighted by atomic mass is 9.74. The van der Waals surface area contributed by atoms with Gasteiger partial charge in [-0.05, 0) is 46.6 Å². The second-order valence-corrected chi connectivity index (χ2v) is 15.3. The summed E-state index contributed by atoms with van der Waals surface area (Å²) < 4.78 is 13.7. The molecular weight excluding hydrogens is 567 g/mol. The van der Waals surface area contributed by atoms with E-state index in [0.29, 0.717) is 13.2 Å². The molecule has 208 valence electrons. The van der Waals surface area contributed by atoms with E-state index in [1.807, 2.05) is 0 Å². The molecule has 37 heavy (non-hydrogen) atoms. The third-order valence-electron chi connectivity index (χ3n) is 6.99. The summed E-state index contributed by atoms with van der Waals surface area (Å²) in [6.45, 7) is 33.1. The molecule has 2 nitrogen and oxygen atoms in total. The molecule has 0 aliphatic rings. The Morgan fingerprint density at radius 3 is 0.946 bits per heavy atom. The molecule has 2 rings (SSSR count). The quantitative estimate of drug-likeness (QED) is 0.227. The summed E-state index contributed by atoms with van der Waals surface area (Å²) in [7, 11) is 0. The van der Waals surface area contributed by atoms with Crippen molar-refractivity contribution in [3.8, 4) is 11.5 Å². The third-order valence-corrected chi connectivity index (χ3v) is 7.87. The lowest BCUT2D eigenvalue weighted by molar-refractivity contribution is 0.319. The highest BCUT2D eigenvalue weighted by molar-refractivity contribution is 14.1. The van der Waals surface area contributed by atoms with Crippen molar-refractivity contribution in [2.24, 2.45) is 0 Å². The smallest absolute Gasteiger partial charge is 0.126 e. The molecule has 0 N–H and O–H groups in total. The van der Waals surface area contributed by atoms with Crippen LogP contribution in [0.1, 0.15) is 136 Å². The number of hydrogen-bond acceptors (Lipinski definition) is 2. The van der Waals surface area contributed by atoms with Gasteiger partial charge in [-0.2, -0.15) is 0 Å². The summed E-state index contributed by atoms with van der Waals surface area (Å²) in [5.74, 6) is 2.41. The van der Waals surface area contributed by atoms with E-state index < -0.39 is 0 Å². The highest BCUT2D eigenvalue weighted by Crippen LogP contribution is 2.46. The van der Waals surface area contributed by atoms with Crippen molar-refractivity contribution < 1.29 is 9.47 Å². The molecule has 0 amide bonds. The van der Waals surface area contributed by atoms with Gasteiger partial charge in [-0.1, -0.05) is 130 Å². The number of ether oxygens (including phenoxy) is 2. The second-order valence-electron chi connectivity index (χ2n) is 14.5. The van der Waals surface area contributed by atoms with Gasteiger partial charge in [0.15, 0.2) is 0 Å². The minimum absolute atomic E-state index is 0.0255. The van der Waals surface area contributed by atoms with Crippen LogP contribution in [0.3, 0.4) is 0 Å². The summed E-state index contributed by atoms with van der Waals surface area (Å²) >= 11 is 2.58. The zero-order valence-corrected chi connectivity index (χ0v) is 28.4. The Hall–Kier alpha value is -1.23. The van der Waals surface area contributed by atoms with E-state index in [1.165, 1.54) is 33.4 Å². The summed E-state index contributed by atoms with van der Waals surface area (Å²) in [5.41, 5.74) is 7.83.